The van der Waals surface area contributed by atoms with Gasteiger partial charge in [-0.1, -0.05) is 12.1 Å². The maximum atomic E-state index is 12.2. The van der Waals surface area contributed by atoms with Crippen molar-refractivity contribution >= 4 is 21.4 Å². The second kappa shape index (κ2) is 6.36. The van der Waals surface area contributed by atoms with Gasteiger partial charge in [0.1, 0.15) is 10.8 Å². The highest BCUT2D eigenvalue weighted by Gasteiger charge is 2.18. The van der Waals surface area contributed by atoms with Crippen LogP contribution in [0.15, 0.2) is 29.8 Å². The number of hydrogen-bond donors (Lipinski definition) is 1. The Morgan fingerprint density at radius 3 is 3.09 bits per heavy atom. The Morgan fingerprint density at radius 2 is 2.32 bits per heavy atom. The smallest absolute Gasteiger partial charge is 0.212 e. The molecule has 1 aromatic carbocycles. The van der Waals surface area contributed by atoms with Crippen molar-refractivity contribution in [2.24, 2.45) is 0 Å². The minimum atomic E-state index is -3.33. The van der Waals surface area contributed by atoms with Crippen molar-refractivity contribution in [2.75, 3.05) is 12.4 Å². The molecule has 0 amide bonds. The molecule has 1 aliphatic heterocycles. The SMILES string of the molecule is C[C@H](NS(=O)(=O)CCc1ccc2c(c1)CCO2)c1nccs1. The summed E-state index contributed by atoms with van der Waals surface area (Å²) in [6.45, 7) is 2.52. The average molecular weight is 338 g/mol. The molecule has 1 N–H and O–H groups in total. The van der Waals surface area contributed by atoms with Crippen LogP contribution < -0.4 is 9.46 Å². The molecule has 0 saturated heterocycles. The van der Waals surface area contributed by atoms with Crippen molar-refractivity contribution in [3.63, 3.8) is 0 Å². The van der Waals surface area contributed by atoms with Gasteiger partial charge in [0.15, 0.2) is 0 Å². The molecule has 0 bridgehead atoms. The van der Waals surface area contributed by atoms with E-state index in [2.05, 4.69) is 9.71 Å². The second-order valence-corrected chi connectivity index (χ2v) is 8.12. The van der Waals surface area contributed by atoms with Gasteiger partial charge in [-0.05, 0) is 30.5 Å². The molecule has 1 aromatic heterocycles. The Hall–Kier alpha value is -1.44. The number of sulfonamides is 1. The topological polar surface area (TPSA) is 68.3 Å². The summed E-state index contributed by atoms with van der Waals surface area (Å²) in [4.78, 5) is 4.14. The van der Waals surface area contributed by atoms with Crippen molar-refractivity contribution in [3.05, 3.63) is 45.9 Å². The van der Waals surface area contributed by atoms with E-state index in [9.17, 15) is 8.42 Å². The number of rotatable bonds is 6. The number of ether oxygens (including phenoxy) is 1. The highest BCUT2D eigenvalue weighted by atomic mass is 32.2. The number of aryl methyl sites for hydroxylation is 1. The van der Waals surface area contributed by atoms with Gasteiger partial charge in [-0.2, -0.15) is 0 Å². The van der Waals surface area contributed by atoms with E-state index in [1.807, 2.05) is 30.5 Å². The molecular weight excluding hydrogens is 320 g/mol. The maximum absolute atomic E-state index is 12.2. The summed E-state index contributed by atoms with van der Waals surface area (Å²) < 4.78 is 32.5. The van der Waals surface area contributed by atoms with Crippen LogP contribution in [0.3, 0.4) is 0 Å². The lowest BCUT2D eigenvalue weighted by molar-refractivity contribution is 0.357. The number of hydrogen-bond acceptors (Lipinski definition) is 5. The second-order valence-electron chi connectivity index (χ2n) is 5.32. The summed E-state index contributed by atoms with van der Waals surface area (Å²) in [7, 11) is -3.33. The quantitative estimate of drug-likeness (QED) is 0.877. The minimum absolute atomic E-state index is 0.0718. The standard InChI is InChI=1S/C15H18N2O3S2/c1-11(15-16-6-8-21-15)17-22(18,19)9-5-12-2-3-14-13(10-12)4-7-20-14/h2-3,6,8,10-11,17H,4-5,7,9H2,1H3/t11-/m0/s1. The van der Waals surface area contributed by atoms with E-state index >= 15 is 0 Å². The lowest BCUT2D eigenvalue weighted by Crippen LogP contribution is -2.29. The van der Waals surface area contributed by atoms with Gasteiger partial charge in [0.05, 0.1) is 18.4 Å². The highest BCUT2D eigenvalue weighted by Crippen LogP contribution is 2.26. The van der Waals surface area contributed by atoms with Gasteiger partial charge in [0.25, 0.3) is 0 Å². The first-order valence-corrected chi connectivity index (χ1v) is 9.71. The normalized spacial score (nSPS) is 15.3. The molecule has 0 fully saturated rings. The Kier molecular flexibility index (Phi) is 4.46. The van der Waals surface area contributed by atoms with Crippen LogP contribution in [0.25, 0.3) is 0 Å². The Bertz CT molecular complexity index is 742. The fourth-order valence-corrected chi connectivity index (χ4v) is 4.47. The van der Waals surface area contributed by atoms with Gasteiger partial charge < -0.3 is 4.74 Å². The third-order valence-corrected chi connectivity index (χ3v) is 6.00. The predicted octanol–water partition coefficient (Wildman–Crippen LogP) is 2.30. The zero-order valence-corrected chi connectivity index (χ0v) is 13.9. The lowest BCUT2D eigenvalue weighted by atomic mass is 10.1. The summed E-state index contributed by atoms with van der Waals surface area (Å²) in [5.41, 5.74) is 2.19. The van der Waals surface area contributed by atoms with Gasteiger partial charge in [-0.15, -0.1) is 11.3 Å². The zero-order chi connectivity index (χ0) is 15.6. The van der Waals surface area contributed by atoms with Crippen molar-refractivity contribution in [2.45, 2.75) is 25.8 Å². The number of aromatic nitrogens is 1. The van der Waals surface area contributed by atoms with Crippen molar-refractivity contribution in [1.82, 2.24) is 9.71 Å². The van der Waals surface area contributed by atoms with Gasteiger partial charge in [-0.25, -0.2) is 18.1 Å². The molecule has 0 radical (unpaired) electrons. The molecule has 3 rings (SSSR count). The molecule has 118 valence electrons. The molecule has 1 aliphatic rings. The molecule has 0 spiro atoms. The third kappa shape index (κ3) is 3.66. The van der Waals surface area contributed by atoms with E-state index in [1.54, 1.807) is 6.20 Å². The van der Waals surface area contributed by atoms with Crippen molar-refractivity contribution in [3.8, 4) is 5.75 Å². The molecule has 2 heterocycles. The van der Waals surface area contributed by atoms with Crippen LogP contribution in [0.5, 0.6) is 5.75 Å². The molecule has 5 nitrogen and oxygen atoms in total. The zero-order valence-electron chi connectivity index (χ0n) is 12.3. The van der Waals surface area contributed by atoms with E-state index in [0.717, 1.165) is 22.7 Å². The Balaban J connectivity index is 1.60. The van der Waals surface area contributed by atoms with E-state index in [0.29, 0.717) is 13.0 Å². The first-order valence-electron chi connectivity index (χ1n) is 7.17. The molecular formula is C15H18N2O3S2. The van der Waals surface area contributed by atoms with Gasteiger partial charge in [0, 0.05) is 18.0 Å². The maximum Gasteiger partial charge on any atom is 0.212 e. The van der Waals surface area contributed by atoms with Crippen molar-refractivity contribution < 1.29 is 13.2 Å². The molecule has 0 aliphatic carbocycles. The molecule has 2 aromatic rings. The van der Waals surface area contributed by atoms with E-state index in [1.165, 1.54) is 16.9 Å². The number of fused-ring (bicyclic) bond motifs is 1. The van der Waals surface area contributed by atoms with Crippen molar-refractivity contribution in [1.29, 1.82) is 0 Å². The molecule has 0 saturated carbocycles. The molecule has 22 heavy (non-hydrogen) atoms. The first-order chi connectivity index (χ1) is 10.5. The van der Waals surface area contributed by atoms with Crippen LogP contribution in [-0.2, 0) is 22.9 Å². The van der Waals surface area contributed by atoms with Crippen LogP contribution in [0, 0.1) is 0 Å². The first kappa shape index (κ1) is 15.5. The van der Waals surface area contributed by atoms with E-state index < -0.39 is 10.0 Å². The predicted molar refractivity (Wildman–Crippen MR) is 86.8 cm³/mol. The monoisotopic (exact) mass is 338 g/mol. The minimum Gasteiger partial charge on any atom is -0.493 e. The van der Waals surface area contributed by atoms with Crippen LogP contribution in [0.4, 0.5) is 0 Å². The van der Waals surface area contributed by atoms with Gasteiger partial charge in [0.2, 0.25) is 10.0 Å². The van der Waals surface area contributed by atoms with E-state index in [-0.39, 0.29) is 11.8 Å². The highest BCUT2D eigenvalue weighted by molar-refractivity contribution is 7.89. The summed E-state index contributed by atoms with van der Waals surface area (Å²) in [6, 6.07) is 5.61. The molecule has 0 unspecified atom stereocenters. The number of nitrogens with zero attached hydrogens (tertiary/aromatic N) is 1. The molecule has 1 atom stereocenters. The summed E-state index contributed by atoms with van der Waals surface area (Å²) in [5, 5.41) is 2.62. The summed E-state index contributed by atoms with van der Waals surface area (Å²) in [6.07, 6.45) is 3.07. The number of thiazole rings is 1. The van der Waals surface area contributed by atoms with Crippen LogP contribution in [0.2, 0.25) is 0 Å². The number of nitrogens with one attached hydrogen (secondary N) is 1. The summed E-state index contributed by atoms with van der Waals surface area (Å²) in [5.74, 6) is 0.990. The van der Waals surface area contributed by atoms with Crippen LogP contribution in [0.1, 0.15) is 29.1 Å². The fraction of sp³-hybridized carbons (Fsp3) is 0.400. The number of benzene rings is 1. The van der Waals surface area contributed by atoms with Crippen LogP contribution >= 0.6 is 11.3 Å². The van der Waals surface area contributed by atoms with Gasteiger partial charge in [-0.3, -0.25) is 0 Å². The third-order valence-electron chi connectivity index (χ3n) is 3.59. The largest absolute Gasteiger partial charge is 0.493 e. The van der Waals surface area contributed by atoms with Gasteiger partial charge >= 0.3 is 0 Å². The molecule has 7 heteroatoms. The Labute approximate surface area is 134 Å². The fourth-order valence-electron chi connectivity index (χ4n) is 2.47. The Morgan fingerprint density at radius 1 is 1.45 bits per heavy atom. The lowest BCUT2D eigenvalue weighted by Gasteiger charge is -2.12. The van der Waals surface area contributed by atoms with E-state index in [4.69, 9.17) is 4.74 Å². The summed E-state index contributed by atoms with van der Waals surface area (Å²) >= 11 is 1.45. The average Bonchev–Trinajstić information content (AvgIpc) is 3.15. The van der Waals surface area contributed by atoms with Crippen LogP contribution in [-0.4, -0.2) is 25.8 Å².